The third kappa shape index (κ3) is 4.37. The van der Waals surface area contributed by atoms with Gasteiger partial charge in [-0.15, -0.1) is 0 Å². The second kappa shape index (κ2) is 7.31. The van der Waals surface area contributed by atoms with Gasteiger partial charge in [0.25, 0.3) is 0 Å². The summed E-state index contributed by atoms with van der Waals surface area (Å²) in [5.41, 5.74) is 7.75. The molecular formula is C16H23NO2. The maximum Gasteiger partial charge on any atom is 0.120 e. The van der Waals surface area contributed by atoms with E-state index >= 15 is 0 Å². The van der Waals surface area contributed by atoms with Crippen molar-refractivity contribution in [2.75, 3.05) is 13.2 Å². The number of aliphatic hydroxyl groups is 1. The van der Waals surface area contributed by atoms with Gasteiger partial charge < -0.3 is 15.6 Å². The zero-order valence-corrected chi connectivity index (χ0v) is 11.3. The molecule has 1 unspecified atom stereocenters. The zero-order valence-electron chi connectivity index (χ0n) is 11.3. The van der Waals surface area contributed by atoms with Crippen LogP contribution in [0.15, 0.2) is 35.9 Å². The molecule has 0 amide bonds. The fourth-order valence-corrected chi connectivity index (χ4v) is 2.33. The van der Waals surface area contributed by atoms with E-state index in [9.17, 15) is 5.11 Å². The fourth-order valence-electron chi connectivity index (χ4n) is 2.33. The van der Waals surface area contributed by atoms with Gasteiger partial charge in [0.05, 0.1) is 6.10 Å². The van der Waals surface area contributed by atoms with Crippen molar-refractivity contribution in [3.05, 3.63) is 41.5 Å². The smallest absolute Gasteiger partial charge is 0.120 e. The first-order chi connectivity index (χ1) is 9.29. The fraction of sp³-hybridized carbons (Fsp3) is 0.500. The molecule has 2 rings (SSSR count). The average Bonchev–Trinajstić information content (AvgIpc) is 2.96. The molecule has 1 atom stereocenters. The number of rotatable bonds is 7. The van der Waals surface area contributed by atoms with Gasteiger partial charge in [0.1, 0.15) is 12.4 Å². The highest BCUT2D eigenvalue weighted by Crippen LogP contribution is 2.24. The minimum absolute atomic E-state index is 0.446. The van der Waals surface area contributed by atoms with E-state index in [1.807, 2.05) is 24.3 Å². The van der Waals surface area contributed by atoms with E-state index in [1.54, 1.807) is 0 Å². The molecule has 0 heterocycles. The van der Waals surface area contributed by atoms with Gasteiger partial charge in [-0.25, -0.2) is 0 Å². The minimum Gasteiger partial charge on any atom is -0.489 e. The van der Waals surface area contributed by atoms with Crippen molar-refractivity contribution in [1.29, 1.82) is 0 Å². The van der Waals surface area contributed by atoms with E-state index in [1.165, 1.54) is 18.4 Å². The number of nitrogens with two attached hydrogens (primary N) is 1. The molecule has 0 saturated heterocycles. The highest BCUT2D eigenvalue weighted by Gasteiger charge is 2.09. The van der Waals surface area contributed by atoms with Gasteiger partial charge in [-0.05, 0) is 61.9 Å². The Bertz CT molecular complexity index is 429. The van der Waals surface area contributed by atoms with Gasteiger partial charge in [0.2, 0.25) is 0 Å². The molecule has 1 aromatic carbocycles. The van der Waals surface area contributed by atoms with Crippen molar-refractivity contribution in [3.63, 3.8) is 0 Å². The minimum atomic E-state index is -0.446. The molecule has 0 bridgehead atoms. The van der Waals surface area contributed by atoms with Gasteiger partial charge in [0, 0.05) is 0 Å². The molecule has 3 nitrogen and oxygen atoms in total. The summed E-state index contributed by atoms with van der Waals surface area (Å²) >= 11 is 0. The molecule has 1 aliphatic rings. The Hall–Kier alpha value is -1.32. The van der Waals surface area contributed by atoms with E-state index in [0.717, 1.165) is 24.2 Å². The predicted octanol–water partition coefficient (Wildman–Crippen LogP) is 2.95. The summed E-state index contributed by atoms with van der Waals surface area (Å²) in [4.78, 5) is 0. The van der Waals surface area contributed by atoms with Crippen LogP contribution >= 0.6 is 0 Å². The summed E-state index contributed by atoms with van der Waals surface area (Å²) in [6.45, 7) is 1.28. The Morgan fingerprint density at radius 1 is 1.37 bits per heavy atom. The molecule has 0 aromatic heterocycles. The van der Waals surface area contributed by atoms with Crippen LogP contribution in [0.4, 0.5) is 0 Å². The van der Waals surface area contributed by atoms with Crippen LogP contribution in [0.5, 0.6) is 5.75 Å². The number of hydrogen-bond donors (Lipinski definition) is 2. The topological polar surface area (TPSA) is 55.5 Å². The maximum atomic E-state index is 10.0. The highest BCUT2D eigenvalue weighted by atomic mass is 16.5. The van der Waals surface area contributed by atoms with Gasteiger partial charge in [-0.2, -0.15) is 0 Å². The molecule has 0 saturated carbocycles. The van der Waals surface area contributed by atoms with Crippen molar-refractivity contribution < 1.29 is 9.84 Å². The molecule has 104 valence electrons. The quantitative estimate of drug-likeness (QED) is 0.742. The van der Waals surface area contributed by atoms with E-state index in [0.29, 0.717) is 19.6 Å². The summed E-state index contributed by atoms with van der Waals surface area (Å²) < 4.78 is 5.78. The van der Waals surface area contributed by atoms with Gasteiger partial charge in [0.15, 0.2) is 0 Å². The number of aliphatic hydroxyl groups excluding tert-OH is 1. The van der Waals surface area contributed by atoms with E-state index in [-0.39, 0.29) is 0 Å². The standard InChI is InChI=1S/C16H23NO2/c17-10-4-9-16(18)14-7-3-8-15(11-14)19-12-13-5-1-2-6-13/h3,5,7-8,11,16,18H,1-2,4,6,9-10,12,17H2. The van der Waals surface area contributed by atoms with Crippen LogP contribution in [-0.4, -0.2) is 18.3 Å². The molecule has 3 heteroatoms. The summed E-state index contributed by atoms with van der Waals surface area (Å²) in [6.07, 6.45) is 6.92. The Kier molecular flexibility index (Phi) is 5.43. The SMILES string of the molecule is NCCCC(O)c1cccc(OCC2=CCCC2)c1. The Balaban J connectivity index is 1.90. The summed E-state index contributed by atoms with van der Waals surface area (Å²) in [5.74, 6) is 0.831. The van der Waals surface area contributed by atoms with Crippen molar-refractivity contribution in [1.82, 2.24) is 0 Å². The van der Waals surface area contributed by atoms with Gasteiger partial charge in [-0.3, -0.25) is 0 Å². The number of ether oxygens (including phenoxy) is 1. The lowest BCUT2D eigenvalue weighted by molar-refractivity contribution is 0.165. The van der Waals surface area contributed by atoms with E-state index in [2.05, 4.69) is 6.08 Å². The van der Waals surface area contributed by atoms with Crippen LogP contribution in [-0.2, 0) is 0 Å². The molecule has 0 fully saturated rings. The Morgan fingerprint density at radius 3 is 3.00 bits per heavy atom. The second-order valence-electron chi connectivity index (χ2n) is 5.06. The number of allylic oxidation sites excluding steroid dienone is 1. The van der Waals surface area contributed by atoms with Crippen LogP contribution in [0.2, 0.25) is 0 Å². The molecule has 0 radical (unpaired) electrons. The first kappa shape index (κ1) is 14.1. The lowest BCUT2D eigenvalue weighted by atomic mass is 10.0. The van der Waals surface area contributed by atoms with Gasteiger partial charge in [-0.1, -0.05) is 18.2 Å². The molecule has 3 N–H and O–H groups in total. The average molecular weight is 261 g/mol. The predicted molar refractivity (Wildman–Crippen MR) is 77.1 cm³/mol. The molecule has 1 aliphatic carbocycles. The monoisotopic (exact) mass is 261 g/mol. The number of benzene rings is 1. The van der Waals surface area contributed by atoms with Crippen LogP contribution in [0.25, 0.3) is 0 Å². The van der Waals surface area contributed by atoms with Crippen molar-refractivity contribution in [2.24, 2.45) is 5.73 Å². The summed E-state index contributed by atoms with van der Waals surface area (Å²) in [5, 5.41) is 10.0. The normalized spacial score (nSPS) is 16.2. The van der Waals surface area contributed by atoms with E-state index in [4.69, 9.17) is 10.5 Å². The molecule has 19 heavy (non-hydrogen) atoms. The van der Waals surface area contributed by atoms with Gasteiger partial charge >= 0.3 is 0 Å². The first-order valence-corrected chi connectivity index (χ1v) is 7.08. The summed E-state index contributed by atoms with van der Waals surface area (Å²) in [6, 6.07) is 7.73. The molecule has 1 aromatic rings. The third-order valence-electron chi connectivity index (χ3n) is 3.48. The highest BCUT2D eigenvalue weighted by molar-refractivity contribution is 5.30. The third-order valence-corrected chi connectivity index (χ3v) is 3.48. The van der Waals surface area contributed by atoms with Crippen molar-refractivity contribution in [2.45, 2.75) is 38.2 Å². The lowest BCUT2D eigenvalue weighted by Crippen LogP contribution is -2.04. The largest absolute Gasteiger partial charge is 0.489 e. The second-order valence-corrected chi connectivity index (χ2v) is 5.06. The van der Waals surface area contributed by atoms with Crippen molar-refractivity contribution >= 4 is 0 Å². The Morgan fingerprint density at radius 2 is 2.26 bits per heavy atom. The van der Waals surface area contributed by atoms with Crippen LogP contribution in [0.3, 0.4) is 0 Å². The first-order valence-electron chi connectivity index (χ1n) is 7.08. The number of hydrogen-bond acceptors (Lipinski definition) is 3. The van der Waals surface area contributed by atoms with Crippen LogP contribution in [0.1, 0.15) is 43.8 Å². The Labute approximate surface area is 115 Å². The maximum absolute atomic E-state index is 10.0. The molecule has 0 aliphatic heterocycles. The van der Waals surface area contributed by atoms with E-state index < -0.39 is 6.10 Å². The zero-order chi connectivity index (χ0) is 13.5. The lowest BCUT2D eigenvalue weighted by Gasteiger charge is -2.13. The van der Waals surface area contributed by atoms with Crippen LogP contribution in [0, 0.1) is 0 Å². The molecule has 0 spiro atoms. The van der Waals surface area contributed by atoms with Crippen LogP contribution < -0.4 is 10.5 Å². The summed E-state index contributed by atoms with van der Waals surface area (Å²) in [7, 11) is 0. The molecular weight excluding hydrogens is 238 g/mol. The van der Waals surface area contributed by atoms with Crippen molar-refractivity contribution in [3.8, 4) is 5.75 Å².